The summed E-state index contributed by atoms with van der Waals surface area (Å²) in [4.78, 5) is 0. The van der Waals surface area contributed by atoms with E-state index in [1.54, 1.807) is 6.42 Å². The van der Waals surface area contributed by atoms with Crippen molar-refractivity contribution >= 4 is 0 Å². The molecule has 102 valence electrons. The lowest BCUT2D eigenvalue weighted by atomic mass is 9.41. The SMILES string of the molecule is CC(C)(C)C12CC3CC(CC(NC4CC4)(C3)C1)C2. The second-order valence-electron chi connectivity index (χ2n) is 9.19. The molecule has 18 heavy (non-hydrogen) atoms. The van der Waals surface area contributed by atoms with Crippen LogP contribution >= 0.6 is 0 Å². The molecule has 0 aromatic heterocycles. The molecule has 5 saturated carbocycles. The molecule has 1 nitrogen and oxygen atoms in total. The molecule has 5 rings (SSSR count). The monoisotopic (exact) mass is 247 g/mol. The Morgan fingerprint density at radius 1 is 0.944 bits per heavy atom. The third-order valence-corrected chi connectivity index (χ3v) is 6.74. The molecule has 0 aliphatic heterocycles. The highest BCUT2D eigenvalue weighted by Gasteiger charge is 2.61. The summed E-state index contributed by atoms with van der Waals surface area (Å²) in [6.07, 6.45) is 12.0. The molecule has 1 N–H and O–H groups in total. The predicted octanol–water partition coefficient (Wildman–Crippen LogP) is 4.12. The zero-order valence-electron chi connectivity index (χ0n) is 12.4. The van der Waals surface area contributed by atoms with Crippen LogP contribution in [0.15, 0.2) is 0 Å². The van der Waals surface area contributed by atoms with Crippen LogP contribution < -0.4 is 5.32 Å². The van der Waals surface area contributed by atoms with Crippen molar-refractivity contribution in [1.82, 2.24) is 5.32 Å². The van der Waals surface area contributed by atoms with Crippen molar-refractivity contribution in [3.05, 3.63) is 0 Å². The minimum atomic E-state index is 0.501. The number of rotatable bonds is 2. The fourth-order valence-electron chi connectivity index (χ4n) is 5.97. The van der Waals surface area contributed by atoms with Gasteiger partial charge in [-0.05, 0) is 74.0 Å². The van der Waals surface area contributed by atoms with Gasteiger partial charge < -0.3 is 5.32 Å². The first kappa shape index (κ1) is 11.8. The molecule has 0 saturated heterocycles. The van der Waals surface area contributed by atoms with Gasteiger partial charge in [0.05, 0.1) is 0 Å². The molecular weight excluding hydrogens is 218 g/mol. The van der Waals surface area contributed by atoms with Gasteiger partial charge in [-0.1, -0.05) is 20.8 Å². The summed E-state index contributed by atoms with van der Waals surface area (Å²) < 4.78 is 0. The highest BCUT2D eigenvalue weighted by atomic mass is 15.1. The van der Waals surface area contributed by atoms with Crippen molar-refractivity contribution in [2.75, 3.05) is 0 Å². The molecule has 0 aromatic rings. The van der Waals surface area contributed by atoms with Crippen LogP contribution in [0.2, 0.25) is 0 Å². The van der Waals surface area contributed by atoms with Crippen LogP contribution in [0.4, 0.5) is 0 Å². The quantitative estimate of drug-likeness (QED) is 0.774. The van der Waals surface area contributed by atoms with Gasteiger partial charge in [0.25, 0.3) is 0 Å². The predicted molar refractivity (Wildman–Crippen MR) is 75.5 cm³/mol. The Morgan fingerprint density at radius 2 is 1.56 bits per heavy atom. The highest BCUT2D eigenvalue weighted by Crippen LogP contribution is 2.67. The minimum absolute atomic E-state index is 0.501. The molecule has 0 spiro atoms. The lowest BCUT2D eigenvalue weighted by molar-refractivity contribution is -0.134. The molecule has 1 heteroatoms. The van der Waals surface area contributed by atoms with E-state index in [1.165, 1.54) is 44.9 Å². The molecule has 0 amide bonds. The van der Waals surface area contributed by atoms with E-state index in [9.17, 15) is 0 Å². The van der Waals surface area contributed by atoms with Crippen molar-refractivity contribution in [2.24, 2.45) is 22.7 Å². The summed E-state index contributed by atoms with van der Waals surface area (Å²) in [5.74, 6) is 2.08. The Hall–Kier alpha value is -0.0400. The van der Waals surface area contributed by atoms with Crippen LogP contribution in [0.5, 0.6) is 0 Å². The summed E-state index contributed by atoms with van der Waals surface area (Å²) in [5.41, 5.74) is 1.71. The van der Waals surface area contributed by atoms with E-state index < -0.39 is 0 Å². The van der Waals surface area contributed by atoms with E-state index in [-0.39, 0.29) is 0 Å². The van der Waals surface area contributed by atoms with Gasteiger partial charge in [-0.2, -0.15) is 0 Å². The summed E-state index contributed by atoms with van der Waals surface area (Å²) in [7, 11) is 0. The van der Waals surface area contributed by atoms with Gasteiger partial charge in [-0.25, -0.2) is 0 Å². The van der Waals surface area contributed by atoms with Gasteiger partial charge >= 0.3 is 0 Å². The van der Waals surface area contributed by atoms with E-state index in [4.69, 9.17) is 0 Å². The molecule has 0 radical (unpaired) electrons. The molecule has 4 bridgehead atoms. The zero-order chi connectivity index (χ0) is 12.6. The fraction of sp³-hybridized carbons (Fsp3) is 1.00. The maximum Gasteiger partial charge on any atom is 0.0194 e. The molecule has 0 aromatic carbocycles. The van der Waals surface area contributed by atoms with Gasteiger partial charge in [-0.15, -0.1) is 0 Å². The van der Waals surface area contributed by atoms with Gasteiger partial charge in [0.2, 0.25) is 0 Å². The Bertz CT molecular complexity index is 341. The minimum Gasteiger partial charge on any atom is -0.308 e. The standard InChI is InChI=1S/C17H29N/c1-15(2,3)16-7-12-6-13(8-16)10-17(9-12,11-16)18-14-4-5-14/h12-14,18H,4-11H2,1-3H3. The van der Waals surface area contributed by atoms with Crippen molar-refractivity contribution in [1.29, 1.82) is 0 Å². The molecule has 2 unspecified atom stereocenters. The van der Waals surface area contributed by atoms with Crippen molar-refractivity contribution in [3.8, 4) is 0 Å². The lowest BCUT2D eigenvalue weighted by Crippen LogP contribution is -2.65. The Morgan fingerprint density at radius 3 is 2.06 bits per heavy atom. The van der Waals surface area contributed by atoms with Crippen molar-refractivity contribution in [3.63, 3.8) is 0 Å². The Kier molecular flexibility index (Phi) is 2.18. The molecular formula is C17H29N. The van der Waals surface area contributed by atoms with E-state index in [2.05, 4.69) is 26.1 Å². The van der Waals surface area contributed by atoms with E-state index in [0.717, 1.165) is 17.9 Å². The van der Waals surface area contributed by atoms with Crippen LogP contribution in [-0.2, 0) is 0 Å². The van der Waals surface area contributed by atoms with Crippen LogP contribution in [0.25, 0.3) is 0 Å². The van der Waals surface area contributed by atoms with E-state index in [1.807, 2.05) is 0 Å². The summed E-state index contributed by atoms with van der Waals surface area (Å²) in [6.45, 7) is 7.51. The van der Waals surface area contributed by atoms with Gasteiger partial charge in [0, 0.05) is 11.6 Å². The highest BCUT2D eigenvalue weighted by molar-refractivity contribution is 5.15. The average molecular weight is 247 g/mol. The second kappa shape index (κ2) is 3.34. The fourth-order valence-corrected chi connectivity index (χ4v) is 5.97. The van der Waals surface area contributed by atoms with Crippen molar-refractivity contribution < 1.29 is 0 Å². The number of hydrogen-bond donors (Lipinski definition) is 1. The van der Waals surface area contributed by atoms with E-state index >= 15 is 0 Å². The summed E-state index contributed by atoms with van der Waals surface area (Å²) in [5, 5.41) is 4.10. The normalized spacial score (nSPS) is 50.8. The molecule has 5 fully saturated rings. The van der Waals surface area contributed by atoms with Gasteiger partial charge in [-0.3, -0.25) is 0 Å². The average Bonchev–Trinajstić information content (AvgIpc) is 2.96. The zero-order valence-corrected chi connectivity index (χ0v) is 12.4. The number of nitrogens with one attached hydrogen (secondary N) is 1. The topological polar surface area (TPSA) is 12.0 Å². The first-order chi connectivity index (χ1) is 8.40. The lowest BCUT2D eigenvalue weighted by Gasteiger charge is -2.66. The molecule has 5 aliphatic rings. The van der Waals surface area contributed by atoms with Crippen LogP contribution in [0.1, 0.15) is 72.1 Å². The largest absolute Gasteiger partial charge is 0.308 e. The Balaban J connectivity index is 1.67. The van der Waals surface area contributed by atoms with Crippen LogP contribution in [0.3, 0.4) is 0 Å². The van der Waals surface area contributed by atoms with E-state index in [0.29, 0.717) is 16.4 Å². The van der Waals surface area contributed by atoms with Crippen molar-refractivity contribution in [2.45, 2.75) is 83.7 Å². The third kappa shape index (κ3) is 1.62. The smallest absolute Gasteiger partial charge is 0.0194 e. The summed E-state index contributed by atoms with van der Waals surface area (Å²) >= 11 is 0. The second-order valence-corrected chi connectivity index (χ2v) is 9.19. The first-order valence-corrected chi connectivity index (χ1v) is 8.18. The number of hydrogen-bond acceptors (Lipinski definition) is 1. The maximum absolute atomic E-state index is 4.10. The Labute approximate surface area is 112 Å². The molecule has 5 aliphatic carbocycles. The van der Waals surface area contributed by atoms with Gasteiger partial charge in [0.1, 0.15) is 0 Å². The maximum atomic E-state index is 4.10. The summed E-state index contributed by atoms with van der Waals surface area (Å²) in [6, 6.07) is 0.887. The first-order valence-electron chi connectivity index (χ1n) is 8.18. The van der Waals surface area contributed by atoms with Crippen LogP contribution in [-0.4, -0.2) is 11.6 Å². The third-order valence-electron chi connectivity index (χ3n) is 6.74. The molecule has 2 atom stereocenters. The van der Waals surface area contributed by atoms with Gasteiger partial charge in [0.15, 0.2) is 0 Å². The molecule has 0 heterocycles. The van der Waals surface area contributed by atoms with Crippen LogP contribution in [0, 0.1) is 22.7 Å².